The van der Waals surface area contributed by atoms with Crippen LogP contribution in [0, 0.1) is 10.5 Å². The molecule has 0 saturated heterocycles. The van der Waals surface area contributed by atoms with E-state index < -0.39 is 0 Å². The van der Waals surface area contributed by atoms with Gasteiger partial charge < -0.3 is 14.0 Å². The molecule has 0 radical (unpaired) electrons. The molecule has 7 aromatic carbocycles. The maximum Gasteiger partial charge on any atom is 0.0542 e. The Bertz CT molecular complexity index is 2580. The monoisotopic (exact) mass is 715 g/mol. The van der Waals surface area contributed by atoms with Crippen molar-refractivity contribution >= 4 is 83.3 Å². The average molecular weight is 716 g/mol. The number of hydrogen-bond donors (Lipinski definition) is 0. The smallest absolute Gasteiger partial charge is 0.0542 e. The molecule has 0 unspecified atom stereocenters. The topological polar surface area (TPSA) is 13.1 Å². The maximum atomic E-state index is 2.43. The van der Waals surface area contributed by atoms with E-state index >= 15 is 0 Å². The number of aromatic nitrogens is 2. The molecule has 0 aliphatic heterocycles. The lowest BCUT2D eigenvalue weighted by Crippen LogP contribution is -2.10. The van der Waals surface area contributed by atoms with Gasteiger partial charge in [-0.1, -0.05) is 72.3 Å². The molecule has 0 saturated carbocycles. The molecule has 0 aliphatic carbocycles. The highest BCUT2D eigenvalue weighted by atomic mass is 127. The predicted molar refractivity (Wildman–Crippen MR) is 207 cm³/mol. The first kappa shape index (κ1) is 27.9. The number of nitrogens with zero attached hydrogens (tertiary/aromatic N) is 3. The Morgan fingerprint density at radius 3 is 1.45 bits per heavy atom. The normalized spacial score (nSPS) is 11.6. The summed E-state index contributed by atoms with van der Waals surface area (Å²) in [5.74, 6) is 0. The van der Waals surface area contributed by atoms with Crippen LogP contribution in [0.3, 0.4) is 0 Å². The van der Waals surface area contributed by atoms with E-state index in [9.17, 15) is 0 Å². The molecular formula is C43H30IN3. The summed E-state index contributed by atoms with van der Waals surface area (Å²) in [5, 5.41) is 4.96. The van der Waals surface area contributed by atoms with Crippen LogP contribution in [0.25, 0.3) is 55.0 Å². The summed E-state index contributed by atoms with van der Waals surface area (Å²) in [7, 11) is 0. The summed E-state index contributed by atoms with van der Waals surface area (Å²) in [6, 6.07) is 59.5. The fraction of sp³-hybridized carbons (Fsp3) is 0.0233. The third-order valence-electron chi connectivity index (χ3n) is 9.20. The van der Waals surface area contributed by atoms with E-state index in [0.29, 0.717) is 0 Å². The van der Waals surface area contributed by atoms with Crippen LogP contribution in [0.2, 0.25) is 0 Å². The van der Waals surface area contributed by atoms with Crippen molar-refractivity contribution in [3.63, 3.8) is 0 Å². The number of anilines is 3. The first-order valence-corrected chi connectivity index (χ1v) is 17.0. The standard InChI is InChI=1S/C43H30IN3/c1-29-16-19-33(20-17-29)45(34-21-24-42-38(27-34)36-14-8-9-15-40(36)46(42)31-10-4-2-5-11-31)35-22-25-43-39(28-35)37-26-30(44)18-23-41(37)47(43)32-12-6-3-7-13-32/h2-28H,1H3. The van der Waals surface area contributed by atoms with Crippen molar-refractivity contribution in [2.45, 2.75) is 6.92 Å². The first-order chi connectivity index (χ1) is 23.1. The van der Waals surface area contributed by atoms with Crippen molar-refractivity contribution in [1.29, 1.82) is 0 Å². The van der Waals surface area contributed by atoms with Crippen LogP contribution in [0.1, 0.15) is 5.56 Å². The minimum atomic E-state index is 1.12. The molecule has 0 bridgehead atoms. The van der Waals surface area contributed by atoms with Crippen molar-refractivity contribution in [2.75, 3.05) is 4.90 Å². The summed E-state index contributed by atoms with van der Waals surface area (Å²) in [4.78, 5) is 2.40. The zero-order valence-electron chi connectivity index (χ0n) is 25.8. The van der Waals surface area contributed by atoms with Crippen molar-refractivity contribution in [3.8, 4) is 11.4 Å². The Kier molecular flexibility index (Phi) is 6.64. The average Bonchev–Trinajstić information content (AvgIpc) is 3.62. The molecule has 0 N–H and O–H groups in total. The van der Waals surface area contributed by atoms with E-state index in [4.69, 9.17) is 0 Å². The van der Waals surface area contributed by atoms with Gasteiger partial charge in [0.2, 0.25) is 0 Å². The minimum Gasteiger partial charge on any atom is -0.310 e. The van der Waals surface area contributed by atoms with Gasteiger partial charge in [0.05, 0.1) is 22.1 Å². The Balaban J connectivity index is 1.30. The van der Waals surface area contributed by atoms with Crippen LogP contribution in [0.4, 0.5) is 17.1 Å². The van der Waals surface area contributed by atoms with Gasteiger partial charge in [0.1, 0.15) is 0 Å². The molecule has 4 heteroatoms. The Labute approximate surface area is 287 Å². The van der Waals surface area contributed by atoms with Crippen LogP contribution >= 0.6 is 22.6 Å². The SMILES string of the molecule is Cc1ccc(N(c2ccc3c(c2)c2ccccc2n3-c2ccccc2)c2ccc3c(c2)c2cc(I)ccc2n3-c2ccccc2)cc1. The summed E-state index contributed by atoms with van der Waals surface area (Å²) in [6.45, 7) is 2.14. The summed E-state index contributed by atoms with van der Waals surface area (Å²) >= 11 is 2.43. The molecule has 0 spiro atoms. The van der Waals surface area contributed by atoms with Crippen molar-refractivity contribution < 1.29 is 0 Å². The number of fused-ring (bicyclic) bond motifs is 6. The lowest BCUT2D eigenvalue weighted by molar-refractivity contribution is 1.18. The summed E-state index contributed by atoms with van der Waals surface area (Å²) in [6.07, 6.45) is 0. The van der Waals surface area contributed by atoms with Gasteiger partial charge in [0.15, 0.2) is 0 Å². The number of rotatable bonds is 5. The number of halogens is 1. The first-order valence-electron chi connectivity index (χ1n) is 15.9. The molecule has 0 atom stereocenters. The molecule has 0 fully saturated rings. The number of para-hydroxylation sites is 3. The number of benzene rings is 7. The lowest BCUT2D eigenvalue weighted by atomic mass is 10.1. The Hall–Kier alpha value is -5.33. The predicted octanol–water partition coefficient (Wildman–Crippen LogP) is 12.3. The molecule has 9 rings (SSSR count). The van der Waals surface area contributed by atoms with E-state index in [1.165, 1.54) is 52.7 Å². The van der Waals surface area contributed by atoms with E-state index in [1.54, 1.807) is 0 Å². The van der Waals surface area contributed by atoms with Gasteiger partial charge in [-0.25, -0.2) is 0 Å². The molecule has 2 aromatic heterocycles. The molecule has 0 aliphatic rings. The van der Waals surface area contributed by atoms with Crippen LogP contribution in [-0.4, -0.2) is 9.13 Å². The fourth-order valence-corrected chi connectivity index (χ4v) is 7.57. The van der Waals surface area contributed by atoms with E-state index in [0.717, 1.165) is 28.4 Å². The minimum absolute atomic E-state index is 1.12. The Morgan fingerprint density at radius 2 is 0.851 bits per heavy atom. The van der Waals surface area contributed by atoms with E-state index in [-0.39, 0.29) is 0 Å². The summed E-state index contributed by atoms with van der Waals surface area (Å²) in [5.41, 5.74) is 11.8. The molecule has 2 heterocycles. The zero-order valence-corrected chi connectivity index (χ0v) is 28.0. The largest absolute Gasteiger partial charge is 0.310 e. The second-order valence-corrected chi connectivity index (χ2v) is 13.3. The molecule has 9 aromatic rings. The van der Waals surface area contributed by atoms with Crippen molar-refractivity contribution in [2.24, 2.45) is 0 Å². The lowest BCUT2D eigenvalue weighted by Gasteiger charge is -2.26. The molecular weight excluding hydrogens is 685 g/mol. The second-order valence-electron chi connectivity index (χ2n) is 12.1. The van der Waals surface area contributed by atoms with Gasteiger partial charge in [-0.2, -0.15) is 0 Å². The van der Waals surface area contributed by atoms with Crippen LogP contribution in [0.5, 0.6) is 0 Å². The van der Waals surface area contributed by atoms with Crippen LogP contribution < -0.4 is 4.90 Å². The van der Waals surface area contributed by atoms with Gasteiger partial charge in [0, 0.05) is 53.6 Å². The van der Waals surface area contributed by atoms with Gasteiger partial charge in [-0.05, 0) is 127 Å². The molecule has 3 nitrogen and oxygen atoms in total. The van der Waals surface area contributed by atoms with E-state index in [1.807, 2.05) is 0 Å². The van der Waals surface area contributed by atoms with Gasteiger partial charge in [-0.3, -0.25) is 0 Å². The van der Waals surface area contributed by atoms with E-state index in [2.05, 4.69) is 207 Å². The highest BCUT2D eigenvalue weighted by Gasteiger charge is 2.20. The molecule has 0 amide bonds. The fourth-order valence-electron chi connectivity index (χ4n) is 7.07. The highest BCUT2D eigenvalue weighted by Crippen LogP contribution is 2.42. The van der Waals surface area contributed by atoms with Crippen LogP contribution in [-0.2, 0) is 0 Å². The number of aryl methyl sites for hydroxylation is 1. The third kappa shape index (κ3) is 4.63. The molecule has 224 valence electrons. The quantitative estimate of drug-likeness (QED) is 0.162. The van der Waals surface area contributed by atoms with Crippen molar-refractivity contribution in [3.05, 3.63) is 173 Å². The second kappa shape index (κ2) is 11.2. The van der Waals surface area contributed by atoms with Gasteiger partial charge in [0.25, 0.3) is 0 Å². The maximum absolute atomic E-state index is 2.43. The summed E-state index contributed by atoms with van der Waals surface area (Å²) < 4.78 is 5.98. The Morgan fingerprint density at radius 1 is 0.404 bits per heavy atom. The zero-order chi connectivity index (χ0) is 31.5. The van der Waals surface area contributed by atoms with Crippen LogP contribution in [0.15, 0.2) is 164 Å². The van der Waals surface area contributed by atoms with Gasteiger partial charge >= 0.3 is 0 Å². The highest BCUT2D eigenvalue weighted by molar-refractivity contribution is 14.1. The number of hydrogen-bond acceptors (Lipinski definition) is 1. The molecule has 47 heavy (non-hydrogen) atoms. The van der Waals surface area contributed by atoms with Crippen molar-refractivity contribution in [1.82, 2.24) is 9.13 Å². The third-order valence-corrected chi connectivity index (χ3v) is 9.88. The van der Waals surface area contributed by atoms with Gasteiger partial charge in [-0.15, -0.1) is 0 Å².